The summed E-state index contributed by atoms with van der Waals surface area (Å²) in [7, 11) is 3.04. The molecule has 0 spiro atoms. The number of ether oxygens (including phenoxy) is 2. The number of amides is 1. The van der Waals surface area contributed by atoms with E-state index < -0.39 is 10.8 Å². The molecule has 0 saturated heterocycles. The Morgan fingerprint density at radius 2 is 1.97 bits per heavy atom. The van der Waals surface area contributed by atoms with Crippen LogP contribution in [0.4, 0.5) is 11.7 Å². The van der Waals surface area contributed by atoms with Crippen LogP contribution in [0.3, 0.4) is 0 Å². The number of nitrogens with zero attached hydrogens (tertiary/aromatic N) is 3. The lowest BCUT2D eigenvalue weighted by Crippen LogP contribution is -2.10. The number of nitrogens with one attached hydrogen (secondary N) is 1. The lowest BCUT2D eigenvalue weighted by Gasteiger charge is -2.07. The number of benzene rings is 2. The predicted molar refractivity (Wildman–Crippen MR) is 109 cm³/mol. The summed E-state index contributed by atoms with van der Waals surface area (Å²) in [6.07, 6.45) is 0. The van der Waals surface area contributed by atoms with Gasteiger partial charge < -0.3 is 13.9 Å². The van der Waals surface area contributed by atoms with Crippen LogP contribution in [0.15, 0.2) is 46.9 Å². The highest BCUT2D eigenvalue weighted by Crippen LogP contribution is 2.33. The first-order valence-electron chi connectivity index (χ1n) is 8.53. The molecule has 2 aromatic carbocycles. The molecule has 10 nitrogen and oxygen atoms in total. The SMILES string of the molecule is COc1ccc(OC)c(-c2nnc(NC(=O)c3cc4cc([N+](=O)[O-])ccc4s3)o2)c1. The molecule has 0 radical (unpaired) electrons. The molecule has 0 atom stereocenters. The standard InChI is InChI=1S/C19H14N4O6S/c1-27-12-4-5-14(28-2)13(9-12)18-21-22-19(29-18)20-17(24)16-8-10-7-11(23(25)26)3-6-15(10)30-16/h3-9H,1-2H3,(H,20,22,24). The smallest absolute Gasteiger partial charge is 0.322 e. The number of non-ortho nitro benzene ring substituents is 1. The Morgan fingerprint density at radius 1 is 1.13 bits per heavy atom. The zero-order valence-electron chi connectivity index (χ0n) is 15.7. The van der Waals surface area contributed by atoms with Gasteiger partial charge in [-0.15, -0.1) is 16.4 Å². The number of carbonyl (C=O) groups excluding carboxylic acids is 1. The molecule has 0 saturated carbocycles. The van der Waals surface area contributed by atoms with E-state index >= 15 is 0 Å². The van der Waals surface area contributed by atoms with Gasteiger partial charge >= 0.3 is 6.01 Å². The Balaban J connectivity index is 1.57. The van der Waals surface area contributed by atoms with Crippen LogP contribution in [0.5, 0.6) is 11.5 Å². The third-order valence-electron chi connectivity index (χ3n) is 4.22. The van der Waals surface area contributed by atoms with E-state index in [0.717, 1.165) is 4.70 Å². The first kappa shape index (κ1) is 19.3. The minimum absolute atomic E-state index is 0.0407. The molecule has 30 heavy (non-hydrogen) atoms. The summed E-state index contributed by atoms with van der Waals surface area (Å²) in [6.45, 7) is 0. The first-order valence-corrected chi connectivity index (χ1v) is 9.35. The number of anilines is 1. The number of nitro benzene ring substituents is 1. The third kappa shape index (κ3) is 3.65. The van der Waals surface area contributed by atoms with Gasteiger partial charge in [0.1, 0.15) is 11.5 Å². The van der Waals surface area contributed by atoms with E-state index in [1.165, 1.54) is 37.7 Å². The van der Waals surface area contributed by atoms with E-state index in [1.807, 2.05) is 0 Å². The molecule has 4 rings (SSSR count). The second kappa shape index (κ2) is 7.79. The molecule has 0 fully saturated rings. The number of rotatable bonds is 6. The summed E-state index contributed by atoms with van der Waals surface area (Å²) in [5.41, 5.74) is 0.472. The molecule has 152 valence electrons. The number of nitro groups is 1. The Labute approximate surface area is 173 Å². The van der Waals surface area contributed by atoms with Crippen LogP contribution in [-0.2, 0) is 0 Å². The number of thiophene rings is 1. The maximum absolute atomic E-state index is 12.6. The fourth-order valence-electron chi connectivity index (χ4n) is 2.78. The van der Waals surface area contributed by atoms with Crippen molar-refractivity contribution in [2.24, 2.45) is 0 Å². The average Bonchev–Trinajstić information content (AvgIpc) is 3.39. The van der Waals surface area contributed by atoms with Gasteiger partial charge in [0.05, 0.1) is 29.6 Å². The monoisotopic (exact) mass is 426 g/mol. The Bertz CT molecular complexity index is 1270. The van der Waals surface area contributed by atoms with E-state index in [0.29, 0.717) is 27.3 Å². The predicted octanol–water partition coefficient (Wildman–Crippen LogP) is 4.13. The average molecular weight is 426 g/mol. The van der Waals surface area contributed by atoms with Gasteiger partial charge in [0, 0.05) is 22.2 Å². The number of carbonyl (C=O) groups is 1. The molecule has 4 aromatic rings. The van der Waals surface area contributed by atoms with Gasteiger partial charge in [-0.2, -0.15) is 0 Å². The summed E-state index contributed by atoms with van der Waals surface area (Å²) in [5, 5.41) is 21.9. The first-order chi connectivity index (χ1) is 14.5. The quantitative estimate of drug-likeness (QED) is 0.360. The topological polar surface area (TPSA) is 130 Å². The van der Waals surface area contributed by atoms with Crippen LogP contribution in [-0.4, -0.2) is 35.2 Å². The van der Waals surface area contributed by atoms with Crippen LogP contribution in [0.1, 0.15) is 9.67 Å². The fraction of sp³-hybridized carbons (Fsp3) is 0.105. The highest BCUT2D eigenvalue weighted by atomic mass is 32.1. The second-order valence-electron chi connectivity index (χ2n) is 6.02. The molecule has 2 aromatic heterocycles. The molecule has 0 aliphatic rings. The van der Waals surface area contributed by atoms with E-state index in [2.05, 4.69) is 15.5 Å². The van der Waals surface area contributed by atoms with Gasteiger partial charge in [0.25, 0.3) is 17.5 Å². The van der Waals surface area contributed by atoms with Gasteiger partial charge in [0.15, 0.2) is 0 Å². The molecular weight excluding hydrogens is 412 g/mol. The molecule has 1 N–H and O–H groups in total. The Hall–Kier alpha value is -3.99. The zero-order valence-corrected chi connectivity index (χ0v) is 16.6. The minimum atomic E-state index is -0.482. The van der Waals surface area contributed by atoms with Crippen molar-refractivity contribution in [1.29, 1.82) is 0 Å². The maximum atomic E-state index is 12.6. The highest BCUT2D eigenvalue weighted by Gasteiger charge is 2.18. The molecule has 0 unspecified atom stereocenters. The van der Waals surface area contributed by atoms with Crippen molar-refractivity contribution in [3.05, 3.63) is 57.5 Å². The normalized spacial score (nSPS) is 10.7. The number of aromatic nitrogens is 2. The molecule has 2 heterocycles. The molecule has 0 aliphatic heterocycles. The third-order valence-corrected chi connectivity index (χ3v) is 5.33. The summed E-state index contributed by atoms with van der Waals surface area (Å²) in [4.78, 5) is 23.4. The van der Waals surface area contributed by atoms with E-state index in [-0.39, 0.29) is 17.6 Å². The summed E-state index contributed by atoms with van der Waals surface area (Å²) in [5.74, 6) is 0.761. The molecular formula is C19H14N4O6S. The summed E-state index contributed by atoms with van der Waals surface area (Å²) in [6, 6.07) is 11.0. The Kier molecular flexibility index (Phi) is 5.02. The highest BCUT2D eigenvalue weighted by molar-refractivity contribution is 7.20. The lowest BCUT2D eigenvalue weighted by atomic mass is 10.2. The van der Waals surface area contributed by atoms with Crippen LogP contribution < -0.4 is 14.8 Å². The number of methoxy groups -OCH3 is 2. The number of hydrogen-bond acceptors (Lipinski definition) is 9. The number of fused-ring (bicyclic) bond motifs is 1. The van der Waals surface area contributed by atoms with Gasteiger partial charge in [0.2, 0.25) is 0 Å². The van der Waals surface area contributed by atoms with E-state index in [4.69, 9.17) is 13.9 Å². The Morgan fingerprint density at radius 3 is 2.70 bits per heavy atom. The molecule has 0 bridgehead atoms. The van der Waals surface area contributed by atoms with Crippen molar-refractivity contribution >= 4 is 39.0 Å². The van der Waals surface area contributed by atoms with Crippen molar-refractivity contribution in [3.8, 4) is 23.0 Å². The van der Waals surface area contributed by atoms with E-state index in [9.17, 15) is 14.9 Å². The molecule has 0 aliphatic carbocycles. The second-order valence-corrected chi connectivity index (χ2v) is 7.11. The van der Waals surface area contributed by atoms with Gasteiger partial charge in [-0.05, 0) is 30.3 Å². The van der Waals surface area contributed by atoms with Crippen LogP contribution in [0, 0.1) is 10.1 Å². The molecule has 11 heteroatoms. The zero-order chi connectivity index (χ0) is 21.3. The van der Waals surface area contributed by atoms with Crippen LogP contribution in [0.2, 0.25) is 0 Å². The van der Waals surface area contributed by atoms with Gasteiger partial charge in [-0.25, -0.2) is 0 Å². The summed E-state index contributed by atoms with van der Waals surface area (Å²) < 4.78 is 16.8. The minimum Gasteiger partial charge on any atom is -0.497 e. The van der Waals surface area contributed by atoms with Crippen molar-refractivity contribution in [2.75, 3.05) is 19.5 Å². The van der Waals surface area contributed by atoms with Crippen molar-refractivity contribution < 1.29 is 23.6 Å². The van der Waals surface area contributed by atoms with E-state index in [1.54, 1.807) is 30.3 Å². The van der Waals surface area contributed by atoms with Crippen molar-refractivity contribution in [1.82, 2.24) is 10.2 Å². The van der Waals surface area contributed by atoms with Gasteiger partial charge in [-0.3, -0.25) is 20.2 Å². The van der Waals surface area contributed by atoms with Crippen molar-refractivity contribution in [3.63, 3.8) is 0 Å². The lowest BCUT2D eigenvalue weighted by molar-refractivity contribution is -0.384. The number of hydrogen-bond donors (Lipinski definition) is 1. The molecule has 1 amide bonds. The summed E-state index contributed by atoms with van der Waals surface area (Å²) >= 11 is 1.20. The fourth-order valence-corrected chi connectivity index (χ4v) is 3.72. The van der Waals surface area contributed by atoms with Crippen molar-refractivity contribution in [2.45, 2.75) is 0 Å². The largest absolute Gasteiger partial charge is 0.497 e. The van der Waals surface area contributed by atoms with Gasteiger partial charge in [-0.1, -0.05) is 5.10 Å². The van der Waals surface area contributed by atoms with Crippen LogP contribution in [0.25, 0.3) is 21.5 Å². The maximum Gasteiger partial charge on any atom is 0.322 e. The van der Waals surface area contributed by atoms with Crippen LogP contribution >= 0.6 is 11.3 Å².